The molecule has 2 saturated heterocycles. The van der Waals surface area contributed by atoms with Gasteiger partial charge in [-0.25, -0.2) is 8.42 Å². The molecule has 0 amide bonds. The number of aliphatic carboxylic acids is 1. The summed E-state index contributed by atoms with van der Waals surface area (Å²) in [6.45, 7) is 1.67. The first-order chi connectivity index (χ1) is 7.94. The Hall–Kier alpha value is -0.620. The third kappa shape index (κ3) is 2.80. The van der Waals surface area contributed by atoms with Crippen molar-refractivity contribution in [3.8, 4) is 0 Å². The molecule has 0 saturated carbocycles. The molecule has 2 aliphatic heterocycles. The zero-order chi connectivity index (χ0) is 12.5. The van der Waals surface area contributed by atoms with Crippen molar-refractivity contribution in [2.75, 3.05) is 24.6 Å². The zero-order valence-electron chi connectivity index (χ0n) is 9.89. The molecular weight excluding hydrogens is 242 g/mol. The Kier molecular flexibility index (Phi) is 3.45. The lowest BCUT2D eigenvalue weighted by molar-refractivity contribution is -0.140. The average molecular weight is 261 g/mol. The molecule has 2 heterocycles. The first-order valence-corrected chi connectivity index (χ1v) is 7.93. The smallest absolute Gasteiger partial charge is 0.305 e. The number of hydrogen-bond acceptors (Lipinski definition) is 4. The summed E-state index contributed by atoms with van der Waals surface area (Å²) in [5.41, 5.74) is -0.639. The van der Waals surface area contributed by atoms with Crippen LogP contribution in [-0.2, 0) is 14.6 Å². The van der Waals surface area contributed by atoms with Gasteiger partial charge in [0.2, 0.25) is 0 Å². The average Bonchev–Trinajstić information content (AvgIpc) is 2.67. The van der Waals surface area contributed by atoms with E-state index in [4.69, 9.17) is 5.11 Å². The summed E-state index contributed by atoms with van der Waals surface area (Å²) in [4.78, 5) is 13.1. The fourth-order valence-corrected chi connectivity index (χ4v) is 5.12. The SMILES string of the molecule is O=C(O)CC1(N2CCCC2)CCCS(=O)(=O)C1. The van der Waals surface area contributed by atoms with Gasteiger partial charge in [-0.2, -0.15) is 0 Å². The quantitative estimate of drug-likeness (QED) is 0.801. The normalized spacial score (nSPS) is 33.6. The van der Waals surface area contributed by atoms with Crippen molar-refractivity contribution in [2.24, 2.45) is 0 Å². The Bertz CT molecular complexity index is 400. The van der Waals surface area contributed by atoms with Crippen LogP contribution in [0.3, 0.4) is 0 Å². The van der Waals surface area contributed by atoms with Gasteiger partial charge in [-0.3, -0.25) is 9.69 Å². The van der Waals surface area contributed by atoms with Crippen molar-refractivity contribution in [2.45, 2.75) is 37.6 Å². The van der Waals surface area contributed by atoms with Crippen LogP contribution in [0.25, 0.3) is 0 Å². The maximum absolute atomic E-state index is 11.8. The monoisotopic (exact) mass is 261 g/mol. The van der Waals surface area contributed by atoms with Crippen molar-refractivity contribution in [1.82, 2.24) is 4.90 Å². The molecule has 0 aromatic carbocycles. The van der Waals surface area contributed by atoms with Gasteiger partial charge in [-0.05, 0) is 38.8 Å². The molecule has 2 fully saturated rings. The summed E-state index contributed by atoms with van der Waals surface area (Å²) in [6.07, 6.45) is 3.32. The van der Waals surface area contributed by atoms with Crippen LogP contribution in [0.2, 0.25) is 0 Å². The lowest BCUT2D eigenvalue weighted by atomic mass is 9.89. The lowest BCUT2D eigenvalue weighted by Crippen LogP contribution is -2.55. The number of likely N-dealkylation sites (tertiary alicyclic amines) is 1. The summed E-state index contributed by atoms with van der Waals surface area (Å²) < 4.78 is 23.6. The Morgan fingerprint density at radius 2 is 1.88 bits per heavy atom. The summed E-state index contributed by atoms with van der Waals surface area (Å²) in [5.74, 6) is -0.664. The van der Waals surface area contributed by atoms with Crippen molar-refractivity contribution in [1.29, 1.82) is 0 Å². The first kappa shape index (κ1) is 12.8. The number of sulfone groups is 1. The van der Waals surface area contributed by atoms with E-state index in [-0.39, 0.29) is 17.9 Å². The molecule has 2 aliphatic rings. The third-order valence-corrected chi connectivity index (χ3v) is 5.73. The van der Waals surface area contributed by atoms with Gasteiger partial charge >= 0.3 is 5.97 Å². The molecule has 1 unspecified atom stereocenters. The number of nitrogens with zero attached hydrogens (tertiary/aromatic N) is 1. The van der Waals surface area contributed by atoms with E-state index in [2.05, 4.69) is 4.90 Å². The van der Waals surface area contributed by atoms with Crippen molar-refractivity contribution in [3.63, 3.8) is 0 Å². The lowest BCUT2D eigenvalue weighted by Gasteiger charge is -2.43. The predicted octanol–water partition coefficient (Wildman–Crippen LogP) is 0.504. The van der Waals surface area contributed by atoms with Crippen LogP contribution in [0, 0.1) is 0 Å². The minimum atomic E-state index is -3.08. The summed E-state index contributed by atoms with van der Waals surface area (Å²) in [6, 6.07) is 0. The van der Waals surface area contributed by atoms with Crippen molar-refractivity contribution in [3.05, 3.63) is 0 Å². The van der Waals surface area contributed by atoms with E-state index in [1.165, 1.54) is 0 Å². The second kappa shape index (κ2) is 4.57. The van der Waals surface area contributed by atoms with Crippen LogP contribution < -0.4 is 0 Å². The van der Waals surface area contributed by atoms with Crippen LogP contribution in [0.1, 0.15) is 32.1 Å². The van der Waals surface area contributed by atoms with E-state index in [1.54, 1.807) is 0 Å². The van der Waals surface area contributed by atoms with Crippen molar-refractivity contribution < 1.29 is 18.3 Å². The Morgan fingerprint density at radius 1 is 1.24 bits per heavy atom. The topological polar surface area (TPSA) is 74.7 Å². The Labute approximate surface area is 102 Å². The molecule has 0 spiro atoms. The molecule has 0 aliphatic carbocycles. The second-order valence-electron chi connectivity index (χ2n) is 5.18. The number of rotatable bonds is 3. The van der Waals surface area contributed by atoms with Crippen molar-refractivity contribution >= 4 is 15.8 Å². The molecule has 5 nitrogen and oxygen atoms in total. The third-order valence-electron chi connectivity index (χ3n) is 3.84. The summed E-state index contributed by atoms with van der Waals surface area (Å²) >= 11 is 0. The van der Waals surface area contributed by atoms with E-state index in [0.717, 1.165) is 25.9 Å². The molecule has 0 aromatic rings. The number of hydrogen-bond donors (Lipinski definition) is 1. The molecule has 1 N–H and O–H groups in total. The second-order valence-corrected chi connectivity index (χ2v) is 7.37. The highest BCUT2D eigenvalue weighted by molar-refractivity contribution is 7.91. The maximum Gasteiger partial charge on any atom is 0.305 e. The van der Waals surface area contributed by atoms with Gasteiger partial charge in [-0.1, -0.05) is 0 Å². The minimum Gasteiger partial charge on any atom is -0.481 e. The minimum absolute atomic E-state index is 0.0201. The van der Waals surface area contributed by atoms with Crippen LogP contribution in [0.15, 0.2) is 0 Å². The van der Waals surface area contributed by atoms with Gasteiger partial charge in [0.1, 0.15) is 0 Å². The van der Waals surface area contributed by atoms with Crippen LogP contribution in [0.5, 0.6) is 0 Å². The number of carboxylic acid groups (broad SMARTS) is 1. The van der Waals surface area contributed by atoms with E-state index in [9.17, 15) is 13.2 Å². The van der Waals surface area contributed by atoms with Gasteiger partial charge in [0, 0.05) is 5.54 Å². The van der Waals surface area contributed by atoms with E-state index < -0.39 is 21.3 Å². The Morgan fingerprint density at radius 3 is 2.41 bits per heavy atom. The molecule has 0 aromatic heterocycles. The first-order valence-electron chi connectivity index (χ1n) is 6.11. The number of carbonyl (C=O) groups is 1. The number of carboxylic acids is 1. The van der Waals surface area contributed by atoms with Gasteiger partial charge in [-0.15, -0.1) is 0 Å². The predicted molar refractivity (Wildman–Crippen MR) is 63.7 cm³/mol. The highest BCUT2D eigenvalue weighted by atomic mass is 32.2. The molecule has 1 atom stereocenters. The van der Waals surface area contributed by atoms with Crippen LogP contribution in [-0.4, -0.2) is 54.5 Å². The largest absolute Gasteiger partial charge is 0.481 e. The van der Waals surface area contributed by atoms with E-state index in [0.29, 0.717) is 12.8 Å². The molecule has 2 rings (SSSR count). The molecule has 0 bridgehead atoms. The molecule has 6 heteroatoms. The van der Waals surface area contributed by atoms with Crippen LogP contribution in [0.4, 0.5) is 0 Å². The molecule has 17 heavy (non-hydrogen) atoms. The van der Waals surface area contributed by atoms with Gasteiger partial charge in [0.05, 0.1) is 17.9 Å². The maximum atomic E-state index is 11.8. The molecule has 98 valence electrons. The highest BCUT2D eigenvalue weighted by Gasteiger charge is 2.45. The summed E-state index contributed by atoms with van der Waals surface area (Å²) in [5, 5.41) is 9.04. The van der Waals surface area contributed by atoms with Crippen LogP contribution >= 0.6 is 0 Å². The molecular formula is C11H19NO4S. The fourth-order valence-electron chi connectivity index (χ4n) is 3.15. The van der Waals surface area contributed by atoms with Gasteiger partial charge in [0.15, 0.2) is 9.84 Å². The van der Waals surface area contributed by atoms with E-state index >= 15 is 0 Å². The molecule has 0 radical (unpaired) electrons. The van der Waals surface area contributed by atoms with E-state index in [1.807, 2.05) is 0 Å². The fraction of sp³-hybridized carbons (Fsp3) is 0.909. The van der Waals surface area contributed by atoms with Gasteiger partial charge in [0.25, 0.3) is 0 Å². The zero-order valence-corrected chi connectivity index (χ0v) is 10.7. The Balaban J connectivity index is 2.25. The van der Waals surface area contributed by atoms with Gasteiger partial charge < -0.3 is 5.11 Å². The standard InChI is InChI=1S/C11H19NO4S/c13-10(14)8-11(12-5-1-2-6-12)4-3-7-17(15,16)9-11/h1-9H2,(H,13,14). The highest BCUT2D eigenvalue weighted by Crippen LogP contribution is 2.34. The summed E-state index contributed by atoms with van der Waals surface area (Å²) in [7, 11) is -3.08.